The van der Waals surface area contributed by atoms with E-state index in [0.29, 0.717) is 0 Å². The number of nitrogens with one attached hydrogen (secondary N) is 1. The fourth-order valence-corrected chi connectivity index (χ4v) is 1.36. The first-order chi connectivity index (χ1) is 9.36. The van der Waals surface area contributed by atoms with Crippen LogP contribution in [0.4, 0.5) is 0 Å². The van der Waals surface area contributed by atoms with E-state index >= 15 is 0 Å². The minimum atomic E-state index is -1.12. The molecule has 6 heteroatoms. The second-order valence-corrected chi connectivity index (χ2v) is 5.13. The van der Waals surface area contributed by atoms with Gasteiger partial charge >= 0.3 is 11.9 Å². The fourth-order valence-electron chi connectivity index (χ4n) is 1.36. The minimum Gasteiger partial charge on any atom is -0.480 e. The maximum absolute atomic E-state index is 11.6. The number of rotatable bonds is 7. The van der Waals surface area contributed by atoms with Crippen LogP contribution in [0.15, 0.2) is 30.3 Å². The number of benzene rings is 1. The van der Waals surface area contributed by atoms with E-state index in [1.807, 2.05) is 6.07 Å². The summed E-state index contributed by atoms with van der Waals surface area (Å²) < 4.78 is 0. The molecule has 0 aliphatic rings. The van der Waals surface area contributed by atoms with Gasteiger partial charge in [-0.1, -0.05) is 30.3 Å². The zero-order valence-electron chi connectivity index (χ0n) is 11.5. The lowest BCUT2D eigenvalue weighted by atomic mass is 9.96. The highest BCUT2D eigenvalue weighted by molar-refractivity contribution is 5.77. The summed E-state index contributed by atoms with van der Waals surface area (Å²) in [6.45, 7) is 2.62. The maximum atomic E-state index is 11.6. The van der Waals surface area contributed by atoms with Crippen molar-refractivity contribution in [3.63, 3.8) is 0 Å². The van der Waals surface area contributed by atoms with Crippen molar-refractivity contribution >= 4 is 11.9 Å². The molecule has 0 heterocycles. The number of hydrogen-bond donors (Lipinski definition) is 3. The molecule has 1 aromatic carbocycles. The molecule has 0 aromatic heterocycles. The number of carboxylic acids is 1. The number of aliphatic carboxylic acids is 1. The molecule has 0 amide bonds. The van der Waals surface area contributed by atoms with Gasteiger partial charge < -0.3 is 15.1 Å². The van der Waals surface area contributed by atoms with E-state index in [2.05, 4.69) is 5.48 Å². The largest absolute Gasteiger partial charge is 0.480 e. The lowest BCUT2D eigenvalue weighted by Crippen LogP contribution is -2.43. The highest BCUT2D eigenvalue weighted by Gasteiger charge is 2.30. The first-order valence-corrected chi connectivity index (χ1v) is 6.21. The van der Waals surface area contributed by atoms with Gasteiger partial charge in [0.2, 0.25) is 0 Å². The van der Waals surface area contributed by atoms with E-state index in [9.17, 15) is 9.59 Å². The van der Waals surface area contributed by atoms with Gasteiger partial charge in [0.15, 0.2) is 0 Å². The summed E-state index contributed by atoms with van der Waals surface area (Å²) in [6.07, 6.45) is 0.184. The van der Waals surface area contributed by atoms with Crippen molar-refractivity contribution in [2.45, 2.75) is 26.3 Å². The average Bonchev–Trinajstić information content (AvgIpc) is 2.43. The molecule has 110 valence electrons. The molecule has 0 spiro atoms. The highest BCUT2D eigenvalue weighted by Crippen LogP contribution is 2.15. The molecule has 0 saturated heterocycles. The average molecular weight is 281 g/mol. The van der Waals surface area contributed by atoms with Crippen molar-refractivity contribution in [1.82, 2.24) is 5.48 Å². The van der Waals surface area contributed by atoms with Gasteiger partial charge in [0.25, 0.3) is 0 Å². The van der Waals surface area contributed by atoms with Crippen LogP contribution in [0, 0.1) is 5.41 Å². The van der Waals surface area contributed by atoms with Crippen LogP contribution in [0.1, 0.15) is 19.4 Å². The van der Waals surface area contributed by atoms with Crippen LogP contribution in [0.5, 0.6) is 0 Å². The Morgan fingerprint density at radius 3 is 2.40 bits per heavy atom. The predicted molar refractivity (Wildman–Crippen MR) is 71.7 cm³/mol. The Kier molecular flexibility index (Phi) is 5.66. The van der Waals surface area contributed by atoms with E-state index in [-0.39, 0.29) is 13.0 Å². The first-order valence-electron chi connectivity index (χ1n) is 6.21. The molecular weight excluding hydrogens is 262 g/mol. The minimum absolute atomic E-state index is 0.184. The second kappa shape index (κ2) is 7.02. The molecule has 0 aliphatic heterocycles. The summed E-state index contributed by atoms with van der Waals surface area (Å²) in [7, 11) is 0. The van der Waals surface area contributed by atoms with Crippen LogP contribution in [-0.2, 0) is 20.8 Å². The summed E-state index contributed by atoms with van der Waals surface area (Å²) in [4.78, 5) is 27.5. The van der Waals surface area contributed by atoms with Gasteiger partial charge in [0.05, 0.1) is 12.0 Å². The third-order valence-electron chi connectivity index (χ3n) is 2.82. The van der Waals surface area contributed by atoms with Gasteiger partial charge in [-0.2, -0.15) is 0 Å². The molecule has 1 aromatic rings. The Labute approximate surface area is 117 Å². The van der Waals surface area contributed by atoms with Crippen molar-refractivity contribution in [2.24, 2.45) is 5.41 Å². The second-order valence-electron chi connectivity index (χ2n) is 5.13. The molecule has 1 rings (SSSR count). The summed E-state index contributed by atoms with van der Waals surface area (Å²) in [5.74, 6) is -1.83. The molecule has 3 N–H and O–H groups in total. The van der Waals surface area contributed by atoms with Gasteiger partial charge in [-0.25, -0.2) is 4.79 Å². The molecule has 0 radical (unpaired) electrons. The quantitative estimate of drug-likeness (QED) is 0.638. The molecule has 20 heavy (non-hydrogen) atoms. The Morgan fingerprint density at radius 2 is 1.90 bits per heavy atom. The topological polar surface area (TPSA) is 95.9 Å². The van der Waals surface area contributed by atoms with Crippen molar-refractivity contribution in [1.29, 1.82) is 0 Å². The number of carboxylic acid groups (broad SMARTS) is 1. The normalized spacial score (nSPS) is 12.8. The molecule has 6 nitrogen and oxygen atoms in total. The van der Waals surface area contributed by atoms with Crippen LogP contribution in [0.3, 0.4) is 0 Å². The van der Waals surface area contributed by atoms with Crippen LogP contribution in [-0.4, -0.2) is 34.8 Å². The molecule has 0 bridgehead atoms. The Bertz CT molecular complexity index is 458. The van der Waals surface area contributed by atoms with Gasteiger partial charge in [-0.3, -0.25) is 4.79 Å². The number of carbonyl (C=O) groups excluding carboxylic acids is 1. The number of aliphatic hydroxyl groups is 1. The van der Waals surface area contributed by atoms with Crippen LogP contribution >= 0.6 is 0 Å². The highest BCUT2D eigenvalue weighted by atomic mass is 16.7. The van der Waals surface area contributed by atoms with E-state index in [1.54, 1.807) is 24.3 Å². The molecule has 0 unspecified atom stereocenters. The third kappa shape index (κ3) is 4.64. The van der Waals surface area contributed by atoms with Crippen molar-refractivity contribution in [2.75, 3.05) is 6.61 Å². The lowest BCUT2D eigenvalue weighted by Gasteiger charge is -2.21. The van der Waals surface area contributed by atoms with Gasteiger partial charge in [-0.05, 0) is 19.4 Å². The fraction of sp³-hybridized carbons (Fsp3) is 0.429. The van der Waals surface area contributed by atoms with E-state index < -0.39 is 23.4 Å². The van der Waals surface area contributed by atoms with Gasteiger partial charge in [-0.15, -0.1) is 5.48 Å². The first kappa shape index (κ1) is 16.1. The summed E-state index contributed by atoms with van der Waals surface area (Å²) in [5, 5.41) is 18.1. The summed E-state index contributed by atoms with van der Waals surface area (Å²) in [5.41, 5.74) is 1.98. The van der Waals surface area contributed by atoms with Gasteiger partial charge in [0.1, 0.15) is 6.04 Å². The maximum Gasteiger partial charge on any atom is 0.332 e. The number of hydrogen-bond acceptors (Lipinski definition) is 5. The third-order valence-corrected chi connectivity index (χ3v) is 2.82. The summed E-state index contributed by atoms with van der Waals surface area (Å²) >= 11 is 0. The Morgan fingerprint density at radius 1 is 1.30 bits per heavy atom. The van der Waals surface area contributed by atoms with E-state index in [4.69, 9.17) is 15.1 Å². The molecule has 0 aliphatic carbocycles. The zero-order chi connectivity index (χ0) is 15.2. The van der Waals surface area contributed by atoms with Crippen LogP contribution in [0.25, 0.3) is 0 Å². The predicted octanol–water partition coefficient (Wildman–Crippen LogP) is 0.749. The number of aliphatic hydroxyl groups excluding tert-OH is 1. The Hall–Kier alpha value is -1.92. The van der Waals surface area contributed by atoms with Crippen molar-refractivity contribution in [3.8, 4) is 0 Å². The molecular formula is C14H19NO5. The molecule has 1 atom stereocenters. The monoisotopic (exact) mass is 281 g/mol. The lowest BCUT2D eigenvalue weighted by molar-refractivity contribution is -0.168. The number of carbonyl (C=O) groups is 2. The van der Waals surface area contributed by atoms with Crippen molar-refractivity contribution in [3.05, 3.63) is 35.9 Å². The number of hydroxylamine groups is 1. The smallest absolute Gasteiger partial charge is 0.332 e. The van der Waals surface area contributed by atoms with Crippen LogP contribution < -0.4 is 5.48 Å². The zero-order valence-corrected chi connectivity index (χ0v) is 11.5. The Balaban J connectivity index is 2.61. The van der Waals surface area contributed by atoms with Crippen molar-refractivity contribution < 1.29 is 24.6 Å². The standard InChI is InChI=1S/C14H19NO5/c1-14(2,9-16)13(19)20-15-11(12(17)18)8-10-6-4-3-5-7-10/h3-7,11,15-16H,8-9H2,1-2H3,(H,17,18)/t11-/m0/s1. The molecule has 0 fully saturated rings. The summed E-state index contributed by atoms with van der Waals surface area (Å²) in [6, 6.07) is 7.96. The molecule has 0 saturated carbocycles. The van der Waals surface area contributed by atoms with Gasteiger partial charge in [0, 0.05) is 6.42 Å². The van der Waals surface area contributed by atoms with E-state index in [0.717, 1.165) is 5.56 Å². The van der Waals surface area contributed by atoms with E-state index in [1.165, 1.54) is 13.8 Å². The SMILES string of the molecule is CC(C)(CO)C(=O)ON[C@@H](Cc1ccccc1)C(=O)O. The van der Waals surface area contributed by atoms with Crippen LogP contribution in [0.2, 0.25) is 0 Å².